The molecule has 1 saturated heterocycles. The molecule has 1 atom stereocenters. The highest BCUT2D eigenvalue weighted by Crippen LogP contribution is 2.17. The van der Waals surface area contributed by atoms with Gasteiger partial charge in [-0.2, -0.15) is 0 Å². The van der Waals surface area contributed by atoms with Crippen LogP contribution in [-0.2, 0) is 9.53 Å². The number of ether oxygens (including phenoxy) is 1. The Labute approximate surface area is 164 Å². The number of likely N-dealkylation sites (N-methyl/N-ethyl adjacent to an activating group) is 1. The minimum atomic E-state index is 0.0216. The summed E-state index contributed by atoms with van der Waals surface area (Å²) in [4.78, 5) is 20.6. The highest BCUT2D eigenvalue weighted by molar-refractivity contribution is 5.85. The van der Waals surface area contributed by atoms with Crippen LogP contribution in [0, 0.1) is 5.92 Å². The Balaban J connectivity index is 1.97. The van der Waals surface area contributed by atoms with Crippen LogP contribution in [0.15, 0.2) is 4.99 Å². The third-order valence-electron chi connectivity index (χ3n) is 5.58. The Hall–Kier alpha value is -1.34. The minimum Gasteiger partial charge on any atom is -0.379 e. The number of carbonyl (C=O) groups is 1. The zero-order valence-electron chi connectivity index (χ0n) is 17.7. The van der Waals surface area contributed by atoms with E-state index < -0.39 is 0 Å². The van der Waals surface area contributed by atoms with Gasteiger partial charge in [0.15, 0.2) is 5.96 Å². The van der Waals surface area contributed by atoms with Gasteiger partial charge in [0.1, 0.15) is 6.54 Å². The summed E-state index contributed by atoms with van der Waals surface area (Å²) in [6.45, 7) is 9.11. The quantitative estimate of drug-likeness (QED) is 0.514. The van der Waals surface area contributed by atoms with Crippen molar-refractivity contribution in [3.8, 4) is 0 Å². The van der Waals surface area contributed by atoms with Crippen molar-refractivity contribution in [2.45, 2.75) is 58.0 Å². The van der Waals surface area contributed by atoms with E-state index in [0.29, 0.717) is 18.0 Å². The first-order chi connectivity index (χ1) is 13.0. The standard InChI is InChI=1S/C20H39N5O2/c1-16(2)18(25-10-12-27-13-11-25)14-21-20(22-15-19(26)24(3)4)23-17-8-6-5-7-9-17/h16-18H,5-15H2,1-4H3,(H2,21,22,23). The number of hydrogen-bond donors (Lipinski definition) is 2. The molecule has 7 nitrogen and oxygen atoms in total. The molecule has 0 aromatic heterocycles. The van der Waals surface area contributed by atoms with E-state index >= 15 is 0 Å². The highest BCUT2D eigenvalue weighted by Gasteiger charge is 2.24. The maximum atomic E-state index is 12.0. The number of morpholine rings is 1. The van der Waals surface area contributed by atoms with Crippen molar-refractivity contribution in [3.63, 3.8) is 0 Å². The molecule has 1 aliphatic carbocycles. The summed E-state index contributed by atoms with van der Waals surface area (Å²) < 4.78 is 5.50. The molecule has 156 valence electrons. The van der Waals surface area contributed by atoms with Gasteiger partial charge in [0.2, 0.25) is 5.91 Å². The van der Waals surface area contributed by atoms with Gasteiger partial charge in [0, 0.05) is 45.8 Å². The zero-order chi connectivity index (χ0) is 19.6. The number of aliphatic imine (C=N–C) groups is 1. The highest BCUT2D eigenvalue weighted by atomic mass is 16.5. The molecule has 2 aliphatic rings. The SMILES string of the molecule is CC(C)C(CNC(=NCC(=O)N(C)C)NC1CCCCC1)N1CCOCC1. The molecule has 2 rings (SSSR count). The summed E-state index contributed by atoms with van der Waals surface area (Å²) >= 11 is 0. The van der Waals surface area contributed by atoms with Gasteiger partial charge in [-0.25, -0.2) is 4.99 Å². The van der Waals surface area contributed by atoms with Gasteiger partial charge in [-0.1, -0.05) is 33.1 Å². The Morgan fingerprint density at radius 2 is 1.85 bits per heavy atom. The zero-order valence-corrected chi connectivity index (χ0v) is 17.7. The number of nitrogens with one attached hydrogen (secondary N) is 2. The molecule has 1 heterocycles. The molecular formula is C20H39N5O2. The summed E-state index contributed by atoms with van der Waals surface area (Å²) in [5, 5.41) is 7.10. The van der Waals surface area contributed by atoms with Crippen LogP contribution < -0.4 is 10.6 Å². The van der Waals surface area contributed by atoms with Crippen LogP contribution in [0.3, 0.4) is 0 Å². The summed E-state index contributed by atoms with van der Waals surface area (Å²) in [6, 6.07) is 0.886. The van der Waals surface area contributed by atoms with E-state index in [1.807, 2.05) is 0 Å². The largest absolute Gasteiger partial charge is 0.379 e. The summed E-state index contributed by atoms with van der Waals surface area (Å²) in [5.74, 6) is 1.33. The number of nitrogens with zero attached hydrogens (tertiary/aromatic N) is 3. The Morgan fingerprint density at radius 3 is 2.44 bits per heavy atom. The van der Waals surface area contributed by atoms with Crippen LogP contribution >= 0.6 is 0 Å². The second kappa shape index (κ2) is 11.5. The van der Waals surface area contributed by atoms with Crippen molar-refractivity contribution in [1.82, 2.24) is 20.4 Å². The topological polar surface area (TPSA) is 69.2 Å². The van der Waals surface area contributed by atoms with Gasteiger partial charge in [-0.3, -0.25) is 9.69 Å². The normalized spacial score (nSPS) is 21.1. The molecule has 1 saturated carbocycles. The van der Waals surface area contributed by atoms with Crippen molar-refractivity contribution < 1.29 is 9.53 Å². The van der Waals surface area contributed by atoms with Crippen molar-refractivity contribution in [1.29, 1.82) is 0 Å². The number of guanidine groups is 1. The van der Waals surface area contributed by atoms with Crippen molar-refractivity contribution in [2.75, 3.05) is 53.5 Å². The molecule has 0 radical (unpaired) electrons. The molecule has 0 aromatic rings. The Morgan fingerprint density at radius 1 is 1.19 bits per heavy atom. The predicted molar refractivity (Wildman–Crippen MR) is 110 cm³/mol. The summed E-state index contributed by atoms with van der Waals surface area (Å²) in [6.07, 6.45) is 6.22. The molecule has 2 N–H and O–H groups in total. The minimum absolute atomic E-state index is 0.0216. The van der Waals surface area contributed by atoms with Gasteiger partial charge in [-0.05, 0) is 18.8 Å². The first kappa shape index (κ1) is 22.0. The van der Waals surface area contributed by atoms with Crippen molar-refractivity contribution in [3.05, 3.63) is 0 Å². The van der Waals surface area contributed by atoms with Gasteiger partial charge in [0.05, 0.1) is 13.2 Å². The molecule has 1 amide bonds. The molecule has 1 aliphatic heterocycles. The lowest BCUT2D eigenvalue weighted by Gasteiger charge is -2.37. The monoisotopic (exact) mass is 381 g/mol. The fourth-order valence-corrected chi connectivity index (χ4v) is 3.78. The lowest BCUT2D eigenvalue weighted by molar-refractivity contribution is -0.127. The average Bonchev–Trinajstić information content (AvgIpc) is 2.67. The van der Waals surface area contributed by atoms with E-state index in [1.54, 1.807) is 19.0 Å². The fraction of sp³-hybridized carbons (Fsp3) is 0.900. The van der Waals surface area contributed by atoms with Crippen LogP contribution in [0.5, 0.6) is 0 Å². The Bertz CT molecular complexity index is 469. The van der Waals surface area contributed by atoms with Gasteiger partial charge >= 0.3 is 0 Å². The van der Waals surface area contributed by atoms with E-state index in [1.165, 1.54) is 32.1 Å². The number of carbonyl (C=O) groups excluding carboxylic acids is 1. The molecule has 0 bridgehead atoms. The lowest BCUT2D eigenvalue weighted by atomic mass is 9.96. The van der Waals surface area contributed by atoms with Crippen molar-refractivity contribution in [2.24, 2.45) is 10.9 Å². The van der Waals surface area contributed by atoms with Crippen LogP contribution in [0.2, 0.25) is 0 Å². The van der Waals surface area contributed by atoms with E-state index in [9.17, 15) is 4.79 Å². The third kappa shape index (κ3) is 7.66. The maximum absolute atomic E-state index is 12.0. The molecule has 27 heavy (non-hydrogen) atoms. The van der Waals surface area contributed by atoms with E-state index in [-0.39, 0.29) is 12.5 Å². The van der Waals surface area contributed by atoms with Gasteiger partial charge < -0.3 is 20.3 Å². The van der Waals surface area contributed by atoms with E-state index in [2.05, 4.69) is 34.4 Å². The number of rotatable bonds is 7. The van der Waals surface area contributed by atoms with Crippen LogP contribution in [0.25, 0.3) is 0 Å². The van der Waals surface area contributed by atoms with Crippen LogP contribution in [0.1, 0.15) is 46.0 Å². The summed E-state index contributed by atoms with van der Waals surface area (Å²) in [7, 11) is 3.54. The van der Waals surface area contributed by atoms with Crippen molar-refractivity contribution >= 4 is 11.9 Å². The summed E-state index contributed by atoms with van der Waals surface area (Å²) in [5.41, 5.74) is 0. The second-order valence-corrected chi connectivity index (χ2v) is 8.27. The molecule has 7 heteroatoms. The van der Waals surface area contributed by atoms with E-state index in [0.717, 1.165) is 38.8 Å². The average molecular weight is 382 g/mol. The van der Waals surface area contributed by atoms with Gasteiger partial charge in [0.25, 0.3) is 0 Å². The predicted octanol–water partition coefficient (Wildman–Crippen LogP) is 1.30. The molecule has 2 fully saturated rings. The fourth-order valence-electron chi connectivity index (χ4n) is 3.78. The van der Waals surface area contributed by atoms with E-state index in [4.69, 9.17) is 4.74 Å². The second-order valence-electron chi connectivity index (χ2n) is 8.27. The number of amides is 1. The molecular weight excluding hydrogens is 342 g/mol. The third-order valence-corrected chi connectivity index (χ3v) is 5.58. The molecule has 0 aromatic carbocycles. The first-order valence-corrected chi connectivity index (χ1v) is 10.5. The van der Waals surface area contributed by atoms with Crippen LogP contribution in [-0.4, -0.2) is 87.2 Å². The molecule has 1 unspecified atom stereocenters. The van der Waals surface area contributed by atoms with Crippen LogP contribution in [0.4, 0.5) is 0 Å². The maximum Gasteiger partial charge on any atom is 0.243 e. The smallest absolute Gasteiger partial charge is 0.243 e. The van der Waals surface area contributed by atoms with Gasteiger partial charge in [-0.15, -0.1) is 0 Å². The first-order valence-electron chi connectivity index (χ1n) is 10.5. The lowest BCUT2D eigenvalue weighted by Crippen LogP contribution is -2.53. The molecule has 0 spiro atoms. The number of hydrogen-bond acceptors (Lipinski definition) is 4. The Kier molecular flexibility index (Phi) is 9.34.